The Balaban J connectivity index is 1.58. The van der Waals surface area contributed by atoms with Crippen LogP contribution in [0.4, 0.5) is 0 Å². The van der Waals surface area contributed by atoms with Crippen LogP contribution < -0.4 is 0 Å². The molecule has 2 heterocycles. The van der Waals surface area contributed by atoms with Crippen LogP contribution in [0.5, 0.6) is 0 Å². The lowest BCUT2D eigenvalue weighted by molar-refractivity contribution is -0.759. The Labute approximate surface area is 82.5 Å². The monoisotopic (exact) mass is 201 g/mol. The molecule has 6 heteroatoms. The summed E-state index contributed by atoms with van der Waals surface area (Å²) in [5, 5.41) is 9.22. The molecule has 2 aliphatic heterocycles. The molecule has 0 unspecified atom stereocenters. The molecular weight excluding hydrogens is 186 g/mol. The van der Waals surface area contributed by atoms with Crippen molar-refractivity contribution >= 4 is 0 Å². The third-order valence-electron chi connectivity index (χ3n) is 2.96. The van der Waals surface area contributed by atoms with Crippen molar-refractivity contribution in [3.05, 3.63) is 10.1 Å². The van der Waals surface area contributed by atoms with Gasteiger partial charge in [-0.25, -0.2) is 0 Å². The molecule has 0 spiro atoms. The van der Waals surface area contributed by atoms with E-state index in [0.29, 0.717) is 12.0 Å². The molecule has 0 amide bonds. The predicted molar refractivity (Wildman–Crippen MR) is 49.3 cm³/mol. The summed E-state index contributed by atoms with van der Waals surface area (Å²) >= 11 is 0. The van der Waals surface area contributed by atoms with E-state index in [1.807, 2.05) is 0 Å². The van der Waals surface area contributed by atoms with Crippen LogP contribution >= 0.6 is 0 Å². The topological polar surface area (TPSA) is 58.8 Å². The molecular formula is C8H15N3O3. The summed E-state index contributed by atoms with van der Waals surface area (Å²) in [6, 6.07) is 0.673. The summed E-state index contributed by atoms with van der Waals surface area (Å²) in [5.74, 6) is 0.353. The Hall–Kier alpha value is -0.880. The second-order valence-corrected chi connectivity index (χ2v) is 4.21. The highest BCUT2D eigenvalue weighted by molar-refractivity contribution is 4.92. The minimum absolute atomic E-state index is 0.256. The molecule has 0 aromatic carbocycles. The Morgan fingerprint density at radius 3 is 2.57 bits per heavy atom. The molecule has 0 aromatic rings. The number of rotatable bonds is 4. The normalized spacial score (nSPS) is 25.5. The van der Waals surface area contributed by atoms with E-state index >= 15 is 0 Å². The van der Waals surface area contributed by atoms with Gasteiger partial charge in [0.25, 0.3) is 5.09 Å². The van der Waals surface area contributed by atoms with Crippen LogP contribution in [0.15, 0.2) is 0 Å². The molecule has 0 aliphatic carbocycles. The van der Waals surface area contributed by atoms with Gasteiger partial charge >= 0.3 is 0 Å². The molecule has 0 saturated carbocycles. The third kappa shape index (κ3) is 1.96. The summed E-state index contributed by atoms with van der Waals surface area (Å²) in [7, 11) is 2.10. The fourth-order valence-corrected chi connectivity index (χ4v) is 2.08. The maximum atomic E-state index is 9.93. The highest BCUT2D eigenvalue weighted by Crippen LogP contribution is 2.23. The quantitative estimate of drug-likeness (QED) is 0.451. The third-order valence-corrected chi connectivity index (χ3v) is 2.96. The largest absolute Gasteiger partial charge is 0.314 e. The lowest BCUT2D eigenvalue weighted by Gasteiger charge is -2.50. The van der Waals surface area contributed by atoms with Crippen molar-refractivity contribution in [2.75, 3.05) is 39.8 Å². The van der Waals surface area contributed by atoms with Gasteiger partial charge in [-0.3, -0.25) is 4.90 Å². The molecule has 80 valence electrons. The Bertz CT molecular complexity index is 224. The van der Waals surface area contributed by atoms with Gasteiger partial charge in [-0.2, -0.15) is 0 Å². The first-order valence-electron chi connectivity index (χ1n) is 4.85. The molecule has 14 heavy (non-hydrogen) atoms. The van der Waals surface area contributed by atoms with E-state index in [2.05, 4.69) is 21.7 Å². The lowest BCUT2D eigenvalue weighted by atomic mass is 9.95. The van der Waals surface area contributed by atoms with Crippen molar-refractivity contribution in [1.82, 2.24) is 9.80 Å². The molecule has 0 bridgehead atoms. The minimum atomic E-state index is -0.709. The van der Waals surface area contributed by atoms with Crippen molar-refractivity contribution in [1.29, 1.82) is 0 Å². The molecule has 0 radical (unpaired) electrons. The van der Waals surface area contributed by atoms with Gasteiger partial charge < -0.3 is 9.74 Å². The summed E-state index contributed by atoms with van der Waals surface area (Å²) in [5.41, 5.74) is 0. The molecule has 2 aliphatic rings. The van der Waals surface area contributed by atoms with Crippen molar-refractivity contribution in [3.8, 4) is 0 Å². The van der Waals surface area contributed by atoms with E-state index in [-0.39, 0.29) is 6.61 Å². The number of hydrogen-bond donors (Lipinski definition) is 0. The number of likely N-dealkylation sites (N-methyl/N-ethyl adjacent to an activating group) is 1. The molecule has 0 N–H and O–H groups in total. The zero-order chi connectivity index (χ0) is 10.1. The highest BCUT2D eigenvalue weighted by atomic mass is 16.9. The maximum Gasteiger partial charge on any atom is 0.294 e. The summed E-state index contributed by atoms with van der Waals surface area (Å²) in [6.07, 6.45) is 0. The fraction of sp³-hybridized carbons (Fsp3) is 1.00. The van der Waals surface area contributed by atoms with E-state index < -0.39 is 5.09 Å². The van der Waals surface area contributed by atoms with E-state index in [4.69, 9.17) is 0 Å². The summed E-state index contributed by atoms with van der Waals surface area (Å²) in [6.45, 7) is 4.41. The van der Waals surface area contributed by atoms with Crippen LogP contribution in [-0.4, -0.2) is 60.8 Å². The molecule has 0 atom stereocenters. The van der Waals surface area contributed by atoms with Crippen molar-refractivity contribution < 1.29 is 9.92 Å². The molecule has 0 aromatic heterocycles. The first-order chi connectivity index (χ1) is 6.65. The van der Waals surface area contributed by atoms with E-state index in [0.717, 1.165) is 26.2 Å². The molecule has 2 fully saturated rings. The van der Waals surface area contributed by atoms with Crippen molar-refractivity contribution in [2.45, 2.75) is 6.04 Å². The van der Waals surface area contributed by atoms with E-state index in [1.165, 1.54) is 0 Å². The second-order valence-electron chi connectivity index (χ2n) is 4.21. The molecule has 2 rings (SSSR count). The lowest BCUT2D eigenvalue weighted by Crippen LogP contribution is -2.64. The number of likely N-dealkylation sites (tertiary alicyclic amines) is 2. The highest BCUT2D eigenvalue weighted by Gasteiger charge is 2.37. The van der Waals surface area contributed by atoms with Gasteiger partial charge in [-0.1, -0.05) is 0 Å². The standard InChI is InChI=1S/C8H15N3O3/c1-9-4-8(5-9)10-2-7(3-10)6-14-11(12)13/h7-8H,2-6H2,1H3. The minimum Gasteiger partial charge on any atom is -0.314 e. The number of nitrogens with zero attached hydrogens (tertiary/aromatic N) is 3. The van der Waals surface area contributed by atoms with Crippen molar-refractivity contribution in [3.63, 3.8) is 0 Å². The maximum absolute atomic E-state index is 9.93. The van der Waals surface area contributed by atoms with Crippen LogP contribution in [0.25, 0.3) is 0 Å². The zero-order valence-corrected chi connectivity index (χ0v) is 8.26. The van der Waals surface area contributed by atoms with Crippen LogP contribution in [-0.2, 0) is 4.84 Å². The van der Waals surface area contributed by atoms with Gasteiger partial charge in [0, 0.05) is 38.1 Å². The Morgan fingerprint density at radius 2 is 2.07 bits per heavy atom. The second kappa shape index (κ2) is 3.70. The Morgan fingerprint density at radius 1 is 1.43 bits per heavy atom. The average molecular weight is 201 g/mol. The SMILES string of the molecule is CN1CC(N2CC(CO[N+](=O)[O-])C2)C1. The van der Waals surface area contributed by atoms with E-state index in [9.17, 15) is 10.1 Å². The summed E-state index contributed by atoms with van der Waals surface area (Å²) in [4.78, 5) is 18.9. The van der Waals surface area contributed by atoms with Crippen LogP contribution in [0.3, 0.4) is 0 Å². The zero-order valence-electron chi connectivity index (χ0n) is 8.26. The van der Waals surface area contributed by atoms with Gasteiger partial charge in [0.2, 0.25) is 0 Å². The van der Waals surface area contributed by atoms with Gasteiger partial charge in [0.15, 0.2) is 0 Å². The smallest absolute Gasteiger partial charge is 0.294 e. The number of hydrogen-bond acceptors (Lipinski definition) is 5. The summed E-state index contributed by atoms with van der Waals surface area (Å²) < 4.78 is 0. The average Bonchev–Trinajstić information content (AvgIpc) is 1.97. The van der Waals surface area contributed by atoms with Crippen LogP contribution in [0.2, 0.25) is 0 Å². The van der Waals surface area contributed by atoms with Gasteiger partial charge in [0.1, 0.15) is 6.61 Å². The van der Waals surface area contributed by atoms with Gasteiger partial charge in [-0.15, -0.1) is 10.1 Å². The Kier molecular flexibility index (Phi) is 2.56. The van der Waals surface area contributed by atoms with Crippen molar-refractivity contribution in [2.24, 2.45) is 5.92 Å². The van der Waals surface area contributed by atoms with Crippen LogP contribution in [0.1, 0.15) is 0 Å². The fourth-order valence-electron chi connectivity index (χ4n) is 2.08. The van der Waals surface area contributed by atoms with Gasteiger partial charge in [-0.05, 0) is 7.05 Å². The molecule has 6 nitrogen and oxygen atoms in total. The van der Waals surface area contributed by atoms with E-state index in [1.54, 1.807) is 0 Å². The molecule has 2 saturated heterocycles. The first kappa shape index (κ1) is 9.67. The predicted octanol–water partition coefficient (Wildman–Crippen LogP) is -0.559. The van der Waals surface area contributed by atoms with Crippen LogP contribution in [0, 0.1) is 16.0 Å². The van der Waals surface area contributed by atoms with Gasteiger partial charge in [0.05, 0.1) is 0 Å². The first-order valence-corrected chi connectivity index (χ1v) is 4.85.